The summed E-state index contributed by atoms with van der Waals surface area (Å²) in [7, 11) is 0. The lowest BCUT2D eigenvalue weighted by Crippen LogP contribution is -2.30. The number of benzene rings is 2. The maximum absolute atomic E-state index is 12.3. The molecule has 1 aliphatic rings. The van der Waals surface area contributed by atoms with Crippen LogP contribution in [0.2, 0.25) is 5.02 Å². The first-order valence-electron chi connectivity index (χ1n) is 9.16. The highest BCUT2D eigenvalue weighted by Crippen LogP contribution is 2.27. The third-order valence-electron chi connectivity index (χ3n) is 4.66. The molecule has 0 aliphatic heterocycles. The molecule has 0 heterocycles. The number of para-hydroxylation sites is 1. The van der Waals surface area contributed by atoms with Gasteiger partial charge < -0.3 is 15.4 Å². The molecule has 5 nitrogen and oxygen atoms in total. The Morgan fingerprint density at radius 3 is 2.22 bits per heavy atom. The first kappa shape index (κ1) is 19.2. The molecule has 2 amide bonds. The topological polar surface area (TPSA) is 67.4 Å². The number of ether oxygens (including phenoxy) is 1. The van der Waals surface area contributed by atoms with Crippen molar-refractivity contribution in [1.29, 1.82) is 0 Å². The molecule has 6 heteroatoms. The van der Waals surface area contributed by atoms with E-state index in [0.717, 1.165) is 31.4 Å². The molecule has 1 saturated carbocycles. The lowest BCUT2D eigenvalue weighted by molar-refractivity contribution is -0.122. The van der Waals surface area contributed by atoms with E-state index in [1.807, 2.05) is 0 Å². The Labute approximate surface area is 164 Å². The number of nitrogens with one attached hydrogen (secondary N) is 2. The first-order valence-corrected chi connectivity index (χ1v) is 9.53. The van der Waals surface area contributed by atoms with Gasteiger partial charge >= 0.3 is 0 Å². The minimum absolute atomic E-state index is 0.0750. The number of carbonyl (C=O) groups excluding carboxylic acids is 2. The molecule has 1 unspecified atom stereocenters. The summed E-state index contributed by atoms with van der Waals surface area (Å²) in [5.74, 6) is 0.377. The van der Waals surface area contributed by atoms with E-state index in [2.05, 4.69) is 10.6 Å². The van der Waals surface area contributed by atoms with Gasteiger partial charge in [-0.3, -0.25) is 9.59 Å². The van der Waals surface area contributed by atoms with Gasteiger partial charge in [0.05, 0.1) is 5.02 Å². The zero-order valence-electron chi connectivity index (χ0n) is 15.2. The Kier molecular flexibility index (Phi) is 6.35. The van der Waals surface area contributed by atoms with Crippen molar-refractivity contribution >= 4 is 34.8 Å². The van der Waals surface area contributed by atoms with Gasteiger partial charge in [0.2, 0.25) is 5.91 Å². The van der Waals surface area contributed by atoms with Gasteiger partial charge in [0.1, 0.15) is 5.75 Å². The van der Waals surface area contributed by atoms with Crippen molar-refractivity contribution in [1.82, 2.24) is 0 Å². The lowest BCUT2D eigenvalue weighted by atomic mass is 10.1. The zero-order chi connectivity index (χ0) is 19.2. The molecule has 0 aromatic heterocycles. The van der Waals surface area contributed by atoms with Crippen LogP contribution in [0.15, 0.2) is 48.5 Å². The Morgan fingerprint density at radius 1 is 1.00 bits per heavy atom. The lowest BCUT2D eigenvalue weighted by Gasteiger charge is -2.16. The maximum atomic E-state index is 12.3. The fourth-order valence-electron chi connectivity index (χ4n) is 3.10. The molecule has 3 rings (SSSR count). The number of hydrogen-bond acceptors (Lipinski definition) is 3. The monoisotopic (exact) mass is 386 g/mol. The van der Waals surface area contributed by atoms with Crippen molar-refractivity contribution in [3.8, 4) is 5.75 Å². The van der Waals surface area contributed by atoms with Gasteiger partial charge in [-0.1, -0.05) is 36.6 Å². The van der Waals surface area contributed by atoms with Gasteiger partial charge in [-0.05, 0) is 56.2 Å². The Bertz CT molecular complexity index is 801. The van der Waals surface area contributed by atoms with Crippen LogP contribution in [0.25, 0.3) is 0 Å². The van der Waals surface area contributed by atoms with E-state index in [-0.39, 0.29) is 17.7 Å². The molecule has 1 aliphatic carbocycles. The predicted molar refractivity (Wildman–Crippen MR) is 107 cm³/mol. The Morgan fingerprint density at radius 2 is 1.59 bits per heavy atom. The van der Waals surface area contributed by atoms with Crippen molar-refractivity contribution < 1.29 is 14.3 Å². The van der Waals surface area contributed by atoms with Gasteiger partial charge in [0.15, 0.2) is 6.10 Å². The standard InChI is InChI=1S/C21H23ClN2O3/c1-14(27-19-9-5-4-8-18(19)22)20(25)23-16-10-12-17(13-11-16)24-21(26)15-6-2-3-7-15/h4-5,8-15H,2-3,6-7H2,1H3,(H,23,25)(H,24,26). The fraction of sp³-hybridized carbons (Fsp3) is 0.333. The smallest absolute Gasteiger partial charge is 0.265 e. The summed E-state index contributed by atoms with van der Waals surface area (Å²) in [4.78, 5) is 24.5. The van der Waals surface area contributed by atoms with E-state index in [0.29, 0.717) is 16.5 Å². The van der Waals surface area contributed by atoms with E-state index in [1.165, 1.54) is 0 Å². The summed E-state index contributed by atoms with van der Waals surface area (Å²) in [5.41, 5.74) is 1.36. The van der Waals surface area contributed by atoms with Crippen LogP contribution in [0, 0.1) is 5.92 Å². The highest BCUT2D eigenvalue weighted by molar-refractivity contribution is 6.32. The molecule has 1 atom stereocenters. The molecule has 0 saturated heterocycles. The average molecular weight is 387 g/mol. The predicted octanol–water partition coefficient (Wildman–Crippen LogP) is 4.87. The molecule has 2 aromatic rings. The largest absolute Gasteiger partial charge is 0.479 e. The SMILES string of the molecule is CC(Oc1ccccc1Cl)C(=O)Nc1ccc(NC(=O)C2CCCC2)cc1. The van der Waals surface area contributed by atoms with Crippen LogP contribution >= 0.6 is 11.6 Å². The zero-order valence-corrected chi connectivity index (χ0v) is 16.0. The second-order valence-corrected chi connectivity index (χ2v) is 7.13. The van der Waals surface area contributed by atoms with Crippen LogP contribution in [-0.2, 0) is 9.59 Å². The van der Waals surface area contributed by atoms with E-state index in [1.54, 1.807) is 55.5 Å². The number of anilines is 2. The van der Waals surface area contributed by atoms with Crippen LogP contribution in [0.5, 0.6) is 5.75 Å². The molecule has 1 fully saturated rings. The second kappa shape index (κ2) is 8.91. The van der Waals surface area contributed by atoms with Crippen molar-refractivity contribution in [3.05, 3.63) is 53.6 Å². The number of halogens is 1. The van der Waals surface area contributed by atoms with Crippen LogP contribution in [-0.4, -0.2) is 17.9 Å². The highest BCUT2D eigenvalue weighted by Gasteiger charge is 2.22. The minimum atomic E-state index is -0.702. The van der Waals surface area contributed by atoms with Crippen molar-refractivity contribution in [2.75, 3.05) is 10.6 Å². The van der Waals surface area contributed by atoms with E-state index < -0.39 is 6.10 Å². The summed E-state index contributed by atoms with van der Waals surface area (Å²) < 4.78 is 5.61. The van der Waals surface area contributed by atoms with Crippen molar-refractivity contribution in [3.63, 3.8) is 0 Å². The number of amides is 2. The molecule has 27 heavy (non-hydrogen) atoms. The fourth-order valence-corrected chi connectivity index (χ4v) is 3.28. The summed E-state index contributed by atoms with van der Waals surface area (Å²) in [6.07, 6.45) is 3.47. The second-order valence-electron chi connectivity index (χ2n) is 6.73. The van der Waals surface area contributed by atoms with Gasteiger partial charge in [-0.15, -0.1) is 0 Å². The van der Waals surface area contributed by atoms with Gasteiger partial charge in [0.25, 0.3) is 5.91 Å². The minimum Gasteiger partial charge on any atom is -0.479 e. The first-order chi connectivity index (χ1) is 13.0. The van der Waals surface area contributed by atoms with E-state index in [4.69, 9.17) is 16.3 Å². The summed E-state index contributed by atoms with van der Waals surface area (Å²) in [6, 6.07) is 14.1. The third-order valence-corrected chi connectivity index (χ3v) is 4.97. The van der Waals surface area contributed by atoms with Gasteiger partial charge in [0, 0.05) is 17.3 Å². The van der Waals surface area contributed by atoms with Crippen LogP contribution in [0.3, 0.4) is 0 Å². The number of rotatable bonds is 6. The molecule has 142 valence electrons. The van der Waals surface area contributed by atoms with Gasteiger partial charge in [-0.2, -0.15) is 0 Å². The molecule has 0 radical (unpaired) electrons. The summed E-state index contributed by atoms with van der Waals surface area (Å²) in [6.45, 7) is 1.66. The molecular weight excluding hydrogens is 364 g/mol. The van der Waals surface area contributed by atoms with Gasteiger partial charge in [-0.25, -0.2) is 0 Å². The van der Waals surface area contributed by atoms with Crippen molar-refractivity contribution in [2.45, 2.75) is 38.7 Å². The van der Waals surface area contributed by atoms with Crippen LogP contribution in [0.4, 0.5) is 11.4 Å². The van der Waals surface area contributed by atoms with Crippen LogP contribution < -0.4 is 15.4 Å². The number of hydrogen-bond donors (Lipinski definition) is 2. The van der Waals surface area contributed by atoms with Crippen LogP contribution in [0.1, 0.15) is 32.6 Å². The highest BCUT2D eigenvalue weighted by atomic mass is 35.5. The Balaban J connectivity index is 1.53. The van der Waals surface area contributed by atoms with E-state index in [9.17, 15) is 9.59 Å². The third kappa shape index (κ3) is 5.23. The molecule has 0 spiro atoms. The summed E-state index contributed by atoms with van der Waals surface area (Å²) >= 11 is 6.05. The van der Waals surface area contributed by atoms with Crippen molar-refractivity contribution in [2.24, 2.45) is 5.92 Å². The summed E-state index contributed by atoms with van der Waals surface area (Å²) in [5, 5.41) is 6.19. The van der Waals surface area contributed by atoms with E-state index >= 15 is 0 Å². The normalized spacial score (nSPS) is 15.2. The number of carbonyl (C=O) groups is 2. The molecular formula is C21H23ClN2O3. The average Bonchev–Trinajstić information content (AvgIpc) is 3.20. The molecule has 2 aromatic carbocycles. The Hall–Kier alpha value is -2.53. The maximum Gasteiger partial charge on any atom is 0.265 e. The quantitative estimate of drug-likeness (QED) is 0.743. The molecule has 0 bridgehead atoms. The molecule has 2 N–H and O–H groups in total.